The van der Waals surface area contributed by atoms with Crippen LogP contribution in [-0.2, 0) is 0 Å². The Balaban J connectivity index is 1.44. The first kappa shape index (κ1) is 16.8. The quantitative estimate of drug-likeness (QED) is 0.747. The molecule has 1 spiro atoms. The molecule has 1 amide bonds. The van der Waals surface area contributed by atoms with Crippen molar-refractivity contribution in [2.24, 2.45) is 0 Å². The highest BCUT2D eigenvalue weighted by Crippen LogP contribution is 2.46. The maximum absolute atomic E-state index is 13.2. The number of anilines is 1. The molecule has 7 heteroatoms. The molecule has 2 aliphatic rings. The predicted octanol–water partition coefficient (Wildman–Crippen LogP) is 2.63. The number of benzene rings is 1. The summed E-state index contributed by atoms with van der Waals surface area (Å²) >= 11 is 0. The Labute approximate surface area is 162 Å². The molecule has 1 aliphatic carbocycles. The third kappa shape index (κ3) is 2.53. The largest absolute Gasteiger partial charge is 0.352 e. The number of aromatic nitrogens is 3. The van der Waals surface area contributed by atoms with Gasteiger partial charge in [0.25, 0.3) is 5.91 Å². The summed E-state index contributed by atoms with van der Waals surface area (Å²) in [7, 11) is 0. The zero-order valence-corrected chi connectivity index (χ0v) is 15.6. The molecule has 7 nitrogen and oxygen atoms in total. The van der Waals surface area contributed by atoms with Gasteiger partial charge in [-0.15, -0.1) is 0 Å². The summed E-state index contributed by atoms with van der Waals surface area (Å²) in [4.78, 5) is 29.5. The van der Waals surface area contributed by atoms with Crippen molar-refractivity contribution >= 4 is 22.8 Å². The number of piperazine rings is 1. The number of rotatable bonds is 2. The van der Waals surface area contributed by atoms with E-state index >= 15 is 0 Å². The number of aromatic amines is 1. The summed E-state index contributed by atoms with van der Waals surface area (Å²) in [6, 6.07) is 9.09. The molecule has 1 aromatic carbocycles. The Kier molecular flexibility index (Phi) is 3.63. The number of carbonyl (C=O) groups excluding carboxylic acids is 1. The van der Waals surface area contributed by atoms with Gasteiger partial charge in [-0.05, 0) is 43.5 Å². The van der Waals surface area contributed by atoms with E-state index in [1.807, 2.05) is 11.1 Å². The van der Waals surface area contributed by atoms with E-state index in [4.69, 9.17) is 5.26 Å². The molecule has 0 unspecified atom stereocenters. The number of amides is 1. The minimum Gasteiger partial charge on any atom is -0.352 e. The second-order valence-electron chi connectivity index (χ2n) is 7.69. The minimum atomic E-state index is -0.139. The fourth-order valence-corrected chi connectivity index (χ4v) is 4.26. The smallest absolute Gasteiger partial charge is 0.254 e. The van der Waals surface area contributed by atoms with Gasteiger partial charge < -0.3 is 14.8 Å². The Morgan fingerprint density at radius 2 is 2.14 bits per heavy atom. The van der Waals surface area contributed by atoms with Crippen LogP contribution in [0.15, 0.2) is 36.8 Å². The molecular formula is C21H20N6O. The molecule has 28 heavy (non-hydrogen) atoms. The molecule has 0 atom stereocenters. The molecule has 5 rings (SSSR count). The first-order valence-electron chi connectivity index (χ1n) is 9.47. The van der Waals surface area contributed by atoms with Crippen molar-refractivity contribution in [1.29, 1.82) is 5.26 Å². The van der Waals surface area contributed by atoms with Crippen LogP contribution in [0, 0.1) is 18.3 Å². The lowest BCUT2D eigenvalue weighted by Crippen LogP contribution is -2.57. The van der Waals surface area contributed by atoms with E-state index in [9.17, 15) is 4.79 Å². The normalized spacial score (nSPS) is 17.7. The molecule has 140 valence electrons. The van der Waals surface area contributed by atoms with Crippen LogP contribution in [0.25, 0.3) is 11.0 Å². The summed E-state index contributed by atoms with van der Waals surface area (Å²) in [5.41, 5.74) is 2.94. The van der Waals surface area contributed by atoms with E-state index < -0.39 is 0 Å². The lowest BCUT2D eigenvalue weighted by atomic mass is 10.1. The number of hydrogen-bond acceptors (Lipinski definition) is 5. The highest BCUT2D eigenvalue weighted by Gasteiger charge is 2.53. The molecule has 1 saturated carbocycles. The second-order valence-corrected chi connectivity index (χ2v) is 7.69. The molecule has 1 saturated heterocycles. The van der Waals surface area contributed by atoms with Gasteiger partial charge in [-0.25, -0.2) is 9.97 Å². The Morgan fingerprint density at radius 3 is 2.93 bits per heavy atom. The van der Waals surface area contributed by atoms with Crippen LogP contribution in [0.4, 0.5) is 5.82 Å². The molecule has 0 radical (unpaired) electrons. The van der Waals surface area contributed by atoms with Crippen LogP contribution < -0.4 is 4.90 Å². The van der Waals surface area contributed by atoms with Crippen LogP contribution in [0.2, 0.25) is 0 Å². The number of fused-ring (bicyclic) bond motifs is 1. The van der Waals surface area contributed by atoms with Crippen molar-refractivity contribution < 1.29 is 4.79 Å². The summed E-state index contributed by atoms with van der Waals surface area (Å²) < 4.78 is 0. The second kappa shape index (κ2) is 6.06. The summed E-state index contributed by atoms with van der Waals surface area (Å²) in [6.45, 7) is 4.20. The van der Waals surface area contributed by atoms with Gasteiger partial charge in [-0.1, -0.05) is 6.07 Å². The van der Waals surface area contributed by atoms with E-state index in [-0.39, 0.29) is 11.4 Å². The van der Waals surface area contributed by atoms with Gasteiger partial charge >= 0.3 is 0 Å². The number of carbonyl (C=O) groups is 1. The van der Waals surface area contributed by atoms with Crippen LogP contribution in [0.1, 0.15) is 34.3 Å². The van der Waals surface area contributed by atoms with E-state index in [2.05, 4.69) is 32.8 Å². The zero-order valence-electron chi connectivity index (χ0n) is 15.6. The Hall–Kier alpha value is -3.40. The highest BCUT2D eigenvalue weighted by molar-refractivity contribution is 5.96. The van der Waals surface area contributed by atoms with E-state index in [1.54, 1.807) is 30.6 Å². The SMILES string of the molecule is Cc1c[nH]c2ncnc(N3CCN(C(=O)c4cccc(C#N)c4)C4(CC4)C3)c12. The van der Waals surface area contributed by atoms with Gasteiger partial charge in [0.05, 0.1) is 22.6 Å². The van der Waals surface area contributed by atoms with Crippen LogP contribution in [0.3, 0.4) is 0 Å². The maximum atomic E-state index is 13.2. The lowest BCUT2D eigenvalue weighted by Gasteiger charge is -2.43. The molecule has 0 bridgehead atoms. The lowest BCUT2D eigenvalue weighted by molar-refractivity contribution is 0.0624. The average Bonchev–Trinajstić information content (AvgIpc) is 3.39. The Morgan fingerprint density at radius 1 is 1.29 bits per heavy atom. The molecule has 1 N–H and O–H groups in total. The number of H-pyrrole nitrogens is 1. The van der Waals surface area contributed by atoms with Gasteiger partial charge in [0, 0.05) is 31.4 Å². The standard InChI is InChI=1S/C21H20N6O/c1-14-11-23-18-17(14)19(25-13-24-18)26-7-8-27(21(12-26)5-6-21)20(28)16-4-2-3-15(9-16)10-22/h2-4,9,11,13H,5-8,12H2,1H3,(H,23,24,25). The monoisotopic (exact) mass is 372 g/mol. The summed E-state index contributed by atoms with van der Waals surface area (Å²) in [6.07, 6.45) is 5.54. The molecule has 3 heterocycles. The fourth-order valence-electron chi connectivity index (χ4n) is 4.26. The van der Waals surface area contributed by atoms with Crippen molar-refractivity contribution in [2.75, 3.05) is 24.5 Å². The average molecular weight is 372 g/mol. The van der Waals surface area contributed by atoms with E-state index in [0.29, 0.717) is 17.7 Å². The first-order valence-corrected chi connectivity index (χ1v) is 9.47. The van der Waals surface area contributed by atoms with Gasteiger partial charge in [-0.2, -0.15) is 5.26 Å². The van der Waals surface area contributed by atoms with Crippen molar-refractivity contribution in [3.8, 4) is 6.07 Å². The van der Waals surface area contributed by atoms with Crippen molar-refractivity contribution in [3.05, 3.63) is 53.5 Å². The summed E-state index contributed by atoms with van der Waals surface area (Å²) in [5.74, 6) is 0.952. The van der Waals surface area contributed by atoms with Gasteiger partial charge in [0.15, 0.2) is 0 Å². The number of aryl methyl sites for hydroxylation is 1. The maximum Gasteiger partial charge on any atom is 0.254 e. The number of nitrogens with one attached hydrogen (secondary N) is 1. The topological polar surface area (TPSA) is 88.9 Å². The Bertz CT molecular complexity index is 1120. The predicted molar refractivity (Wildman–Crippen MR) is 105 cm³/mol. The minimum absolute atomic E-state index is 0.0138. The van der Waals surface area contributed by atoms with Crippen molar-refractivity contribution in [2.45, 2.75) is 25.3 Å². The van der Waals surface area contributed by atoms with Crippen LogP contribution >= 0.6 is 0 Å². The molecule has 1 aliphatic heterocycles. The van der Waals surface area contributed by atoms with Gasteiger partial charge in [0.1, 0.15) is 17.8 Å². The number of nitriles is 1. The molecule has 2 aromatic heterocycles. The first-order chi connectivity index (χ1) is 13.6. The molecule has 3 aromatic rings. The van der Waals surface area contributed by atoms with Gasteiger partial charge in [-0.3, -0.25) is 4.79 Å². The van der Waals surface area contributed by atoms with Gasteiger partial charge in [0.2, 0.25) is 0 Å². The van der Waals surface area contributed by atoms with Crippen LogP contribution in [0.5, 0.6) is 0 Å². The fraction of sp³-hybridized carbons (Fsp3) is 0.333. The molecule has 2 fully saturated rings. The third-order valence-electron chi connectivity index (χ3n) is 5.91. The number of hydrogen-bond donors (Lipinski definition) is 1. The third-order valence-corrected chi connectivity index (χ3v) is 5.91. The summed E-state index contributed by atoms with van der Waals surface area (Å²) in [5, 5.41) is 10.2. The van der Waals surface area contributed by atoms with E-state index in [1.165, 1.54) is 0 Å². The molecular weight excluding hydrogens is 352 g/mol. The highest BCUT2D eigenvalue weighted by atomic mass is 16.2. The van der Waals surface area contributed by atoms with Crippen LogP contribution in [-0.4, -0.2) is 50.9 Å². The van der Waals surface area contributed by atoms with E-state index in [0.717, 1.165) is 48.3 Å². The van der Waals surface area contributed by atoms with Crippen molar-refractivity contribution in [1.82, 2.24) is 19.9 Å². The van der Waals surface area contributed by atoms with Crippen molar-refractivity contribution in [3.63, 3.8) is 0 Å². The number of nitrogens with zero attached hydrogens (tertiary/aromatic N) is 5. The zero-order chi connectivity index (χ0) is 19.3.